The quantitative estimate of drug-likeness (QED) is 0.224. The minimum absolute atomic E-state index is 0.0132. The summed E-state index contributed by atoms with van der Waals surface area (Å²) in [6.07, 6.45) is 8.05. The van der Waals surface area contributed by atoms with E-state index in [9.17, 15) is 27.6 Å². The van der Waals surface area contributed by atoms with Gasteiger partial charge in [0.2, 0.25) is 27.7 Å². The molecule has 2 aromatic heterocycles. The first-order valence-electron chi connectivity index (χ1n) is 21.9. The summed E-state index contributed by atoms with van der Waals surface area (Å²) < 4.78 is 46.8. The number of alkyl carbamates (subject to hydrolysis) is 1. The Labute approximate surface area is 363 Å². The third kappa shape index (κ3) is 8.98. The van der Waals surface area contributed by atoms with Gasteiger partial charge in [-0.3, -0.25) is 24.1 Å². The summed E-state index contributed by atoms with van der Waals surface area (Å²) in [4.78, 5) is 67.5. The number of amides is 4. The van der Waals surface area contributed by atoms with Crippen LogP contribution in [0.5, 0.6) is 11.6 Å². The molecule has 0 unspecified atom stereocenters. The Morgan fingerprint density at radius 1 is 1.06 bits per heavy atom. The number of benzene rings is 1. The van der Waals surface area contributed by atoms with E-state index >= 15 is 0 Å². The number of nitrogens with zero attached hydrogens (tertiary/aromatic N) is 3. The van der Waals surface area contributed by atoms with E-state index in [4.69, 9.17) is 19.2 Å². The number of carbonyl (C=O) groups is 4. The molecule has 7 atom stereocenters. The summed E-state index contributed by atoms with van der Waals surface area (Å²) in [5.41, 5.74) is -0.0561. The number of hydrogen-bond donors (Lipinski definition) is 3. The number of rotatable bonds is 10. The average molecular weight is 871 g/mol. The number of ether oxygens (including phenoxy) is 3. The van der Waals surface area contributed by atoms with Crippen LogP contribution >= 0.6 is 0 Å². The van der Waals surface area contributed by atoms with Crippen molar-refractivity contribution in [3.63, 3.8) is 0 Å². The fraction of sp³-hybridized carbons (Fsp3) is 0.565. The Bertz CT molecular complexity index is 2350. The molecule has 3 saturated carbocycles. The first kappa shape index (κ1) is 43.4. The summed E-state index contributed by atoms with van der Waals surface area (Å²) in [7, 11) is -4.02. The van der Waals surface area contributed by atoms with Crippen molar-refractivity contribution in [1.82, 2.24) is 30.2 Å². The van der Waals surface area contributed by atoms with Crippen LogP contribution in [0.3, 0.4) is 0 Å². The predicted molar refractivity (Wildman–Crippen MR) is 231 cm³/mol. The molecule has 8 rings (SSSR count). The SMILES string of the molecule is C=C[C@@H]1C[C@]1(NC(=O)[C@@H]1C[C@@H]2CN1C(=O)[C@H](C(C)(C)C)NC(=O)O[C@@H]1C[C@H]1CCCCCc1c(nc3ccccc3c1OCCc1ccccn1)O2)C(=O)NS(=O)(=O)C1(C)CC1. The number of para-hydroxylation sites is 1. The van der Waals surface area contributed by atoms with Crippen LogP contribution in [0.15, 0.2) is 61.3 Å². The first-order chi connectivity index (χ1) is 29.5. The van der Waals surface area contributed by atoms with Crippen molar-refractivity contribution < 1.29 is 41.8 Å². The molecule has 4 heterocycles. The molecule has 1 saturated heterocycles. The second kappa shape index (κ2) is 16.8. The summed E-state index contributed by atoms with van der Waals surface area (Å²) in [6.45, 7) is 11.2. The molecule has 15 nitrogen and oxygen atoms in total. The van der Waals surface area contributed by atoms with Gasteiger partial charge in [-0.2, -0.15) is 0 Å². The van der Waals surface area contributed by atoms with E-state index < -0.39 is 73.6 Å². The minimum Gasteiger partial charge on any atom is -0.492 e. The van der Waals surface area contributed by atoms with E-state index in [-0.39, 0.29) is 31.4 Å². The normalized spacial score (nSPS) is 28.4. The zero-order valence-electron chi connectivity index (χ0n) is 36.0. The maximum absolute atomic E-state index is 14.9. The van der Waals surface area contributed by atoms with Crippen molar-refractivity contribution in [3.05, 3.63) is 72.6 Å². The molecule has 1 aromatic carbocycles. The van der Waals surface area contributed by atoms with Gasteiger partial charge in [0, 0.05) is 36.0 Å². The highest BCUT2D eigenvalue weighted by Gasteiger charge is 2.63. The minimum atomic E-state index is -4.02. The number of aromatic nitrogens is 2. The number of pyridine rings is 2. The topological polar surface area (TPSA) is 195 Å². The number of nitrogens with one attached hydrogen (secondary N) is 3. The van der Waals surface area contributed by atoms with Crippen molar-refractivity contribution >= 4 is 44.7 Å². The summed E-state index contributed by atoms with van der Waals surface area (Å²) in [5, 5.41) is 6.52. The number of hydrogen-bond acceptors (Lipinski definition) is 11. The molecule has 3 N–H and O–H groups in total. The summed E-state index contributed by atoms with van der Waals surface area (Å²) in [5.74, 6) is -1.34. The van der Waals surface area contributed by atoms with Crippen LogP contribution in [0, 0.1) is 17.3 Å². The average Bonchev–Trinajstić information content (AvgIpc) is 4.19. The van der Waals surface area contributed by atoms with Crippen LogP contribution in [0.2, 0.25) is 0 Å². The Hall–Kier alpha value is -5.25. The van der Waals surface area contributed by atoms with Crippen molar-refractivity contribution in [2.45, 2.75) is 133 Å². The third-order valence-electron chi connectivity index (χ3n) is 13.2. The molecule has 4 fully saturated rings. The number of sulfonamides is 1. The lowest BCUT2D eigenvalue weighted by molar-refractivity contribution is -0.142. The van der Waals surface area contributed by atoms with E-state index in [2.05, 4.69) is 26.9 Å². The number of carbonyl (C=O) groups excluding carboxylic acids is 4. The molecule has 0 spiro atoms. The van der Waals surface area contributed by atoms with E-state index in [0.29, 0.717) is 49.4 Å². The molecule has 62 heavy (non-hydrogen) atoms. The van der Waals surface area contributed by atoms with Crippen LogP contribution in [0.1, 0.15) is 96.7 Å². The molecular weight excluding hydrogens is 813 g/mol. The van der Waals surface area contributed by atoms with Gasteiger partial charge in [-0.15, -0.1) is 6.58 Å². The van der Waals surface area contributed by atoms with Crippen LogP contribution in [-0.2, 0) is 42.0 Å². The van der Waals surface area contributed by atoms with E-state index in [1.165, 1.54) is 11.0 Å². The Morgan fingerprint density at radius 2 is 1.84 bits per heavy atom. The zero-order chi connectivity index (χ0) is 44.0. The van der Waals surface area contributed by atoms with Gasteiger partial charge in [0.15, 0.2) is 0 Å². The Balaban J connectivity index is 1.14. The van der Waals surface area contributed by atoms with Crippen molar-refractivity contribution in [3.8, 4) is 11.6 Å². The molecular formula is C46H58N6O9S. The highest BCUT2D eigenvalue weighted by atomic mass is 32.2. The van der Waals surface area contributed by atoms with E-state index in [1.54, 1.807) is 13.1 Å². The van der Waals surface area contributed by atoms with Crippen LogP contribution in [0.25, 0.3) is 10.9 Å². The van der Waals surface area contributed by atoms with Crippen LogP contribution in [0.4, 0.5) is 4.79 Å². The van der Waals surface area contributed by atoms with Crippen molar-refractivity contribution in [2.75, 3.05) is 13.2 Å². The molecule has 3 aliphatic carbocycles. The lowest BCUT2D eigenvalue weighted by atomic mass is 9.85. The number of fused-ring (bicyclic) bond motifs is 5. The Morgan fingerprint density at radius 3 is 2.55 bits per heavy atom. The Kier molecular flexibility index (Phi) is 11.8. The van der Waals surface area contributed by atoms with Gasteiger partial charge >= 0.3 is 6.09 Å². The third-order valence-corrected chi connectivity index (χ3v) is 15.4. The lowest BCUT2D eigenvalue weighted by Gasteiger charge is -2.35. The van der Waals surface area contributed by atoms with Crippen molar-refractivity contribution in [1.29, 1.82) is 0 Å². The maximum Gasteiger partial charge on any atom is 0.408 e. The van der Waals surface area contributed by atoms with E-state index in [1.807, 2.05) is 63.2 Å². The van der Waals surface area contributed by atoms with Crippen LogP contribution < -0.4 is 24.8 Å². The molecule has 2 bridgehead atoms. The first-order valence-corrected chi connectivity index (χ1v) is 23.4. The molecule has 4 amide bonds. The second-order valence-corrected chi connectivity index (χ2v) is 21.2. The lowest BCUT2D eigenvalue weighted by Crippen LogP contribution is -2.60. The van der Waals surface area contributed by atoms with Gasteiger partial charge < -0.3 is 29.7 Å². The van der Waals surface area contributed by atoms with Gasteiger partial charge in [-0.05, 0) is 87.5 Å². The predicted octanol–water partition coefficient (Wildman–Crippen LogP) is 5.30. The smallest absolute Gasteiger partial charge is 0.408 e. The molecule has 16 heteroatoms. The summed E-state index contributed by atoms with van der Waals surface area (Å²) >= 11 is 0. The van der Waals surface area contributed by atoms with E-state index in [0.717, 1.165) is 48.7 Å². The zero-order valence-corrected chi connectivity index (χ0v) is 36.8. The van der Waals surface area contributed by atoms with Gasteiger partial charge in [0.05, 0.1) is 29.0 Å². The monoisotopic (exact) mass is 870 g/mol. The van der Waals surface area contributed by atoms with Gasteiger partial charge in [-0.1, -0.05) is 57.9 Å². The van der Waals surface area contributed by atoms with Gasteiger partial charge in [-0.25, -0.2) is 18.2 Å². The highest BCUT2D eigenvalue weighted by molar-refractivity contribution is 7.91. The molecule has 0 radical (unpaired) electrons. The summed E-state index contributed by atoms with van der Waals surface area (Å²) in [6, 6.07) is 11.2. The van der Waals surface area contributed by atoms with Gasteiger partial charge in [0.25, 0.3) is 5.91 Å². The van der Waals surface area contributed by atoms with Crippen LogP contribution in [-0.4, -0.2) is 94.8 Å². The standard InChI is InChI=1S/C46H58N6O9S/c1-6-29-26-46(29,42(55)51-62(57,58)45(5)20-21-45)50-39(53)35-25-31-27-52(35)41(54)38(44(2,3)4)49-43(56)61-36-24-28(36)14-8-7-9-17-33-37(59-23-19-30-15-12-13-22-47-30)32-16-10-11-18-34(32)48-40(33)60-31/h6,10-13,15-16,18,22,28-29,31,35-36,38H,1,7-9,14,17,19-21,23-27H2,2-5H3,(H,49,56)(H,50,53)(H,51,55)/t28-,29-,31-,35+,36-,38-,46-/m1/s1. The van der Waals surface area contributed by atoms with Gasteiger partial charge in [0.1, 0.15) is 35.6 Å². The second-order valence-electron chi connectivity index (χ2n) is 19.0. The molecule has 332 valence electrons. The maximum atomic E-state index is 14.9. The molecule has 5 aliphatic rings. The molecule has 3 aromatic rings. The van der Waals surface area contributed by atoms with Crippen molar-refractivity contribution in [2.24, 2.45) is 17.3 Å². The largest absolute Gasteiger partial charge is 0.492 e. The fourth-order valence-electron chi connectivity index (χ4n) is 8.79. The fourth-order valence-corrected chi connectivity index (χ4v) is 10.1. The molecule has 2 aliphatic heterocycles. The highest BCUT2D eigenvalue weighted by Crippen LogP contribution is 2.47.